The fourth-order valence-electron chi connectivity index (χ4n) is 2.96. The average molecular weight is 337 g/mol. The van der Waals surface area contributed by atoms with Crippen LogP contribution in [0, 0.1) is 19.8 Å². The fraction of sp³-hybridized carbons (Fsp3) is 0.647. The molecule has 2 heterocycles. The molecular weight excluding hydrogens is 310 g/mol. The standard InChI is InChI=1S/C17H27N3O4/c1-5-20(8-13-9-24-10-15(21)17(13)23)16(22)7-6-14-11(2)18-19(4)12(14)3/h6-7,13,15,17,21,23H,5,8-10H2,1-4H3/b7-6+/t13-,15-,17+/m1/s1. The number of aliphatic hydroxyl groups is 2. The lowest BCUT2D eigenvalue weighted by atomic mass is 9.96. The van der Waals surface area contributed by atoms with E-state index < -0.39 is 12.2 Å². The number of ether oxygens (including phenoxy) is 1. The molecule has 0 saturated carbocycles. The zero-order chi connectivity index (χ0) is 17.9. The van der Waals surface area contributed by atoms with Gasteiger partial charge in [-0.15, -0.1) is 0 Å². The molecule has 1 fully saturated rings. The van der Waals surface area contributed by atoms with Crippen LogP contribution in [0.1, 0.15) is 23.9 Å². The van der Waals surface area contributed by atoms with Crippen molar-refractivity contribution in [1.29, 1.82) is 0 Å². The summed E-state index contributed by atoms with van der Waals surface area (Å²) in [6.45, 7) is 7.10. The predicted molar refractivity (Wildman–Crippen MR) is 90.3 cm³/mol. The second kappa shape index (κ2) is 7.92. The van der Waals surface area contributed by atoms with Crippen LogP contribution in [0.2, 0.25) is 0 Å². The van der Waals surface area contributed by atoms with E-state index in [4.69, 9.17) is 4.74 Å². The molecule has 24 heavy (non-hydrogen) atoms. The van der Waals surface area contributed by atoms with E-state index in [-0.39, 0.29) is 18.4 Å². The number of carbonyl (C=O) groups is 1. The first-order valence-corrected chi connectivity index (χ1v) is 8.26. The van der Waals surface area contributed by atoms with Crippen molar-refractivity contribution < 1.29 is 19.7 Å². The Morgan fingerprint density at radius 1 is 1.42 bits per heavy atom. The van der Waals surface area contributed by atoms with Crippen molar-refractivity contribution in [2.45, 2.75) is 33.0 Å². The SMILES string of the molecule is CCN(C[C@@H]1COC[C@@H](O)[C@H]1O)C(=O)/C=C/c1c(C)nn(C)c1C. The molecule has 0 aliphatic carbocycles. The molecule has 1 aromatic heterocycles. The van der Waals surface area contributed by atoms with E-state index in [0.29, 0.717) is 19.7 Å². The lowest BCUT2D eigenvalue weighted by molar-refractivity contribution is -0.138. The zero-order valence-electron chi connectivity index (χ0n) is 14.8. The van der Waals surface area contributed by atoms with Crippen LogP contribution < -0.4 is 0 Å². The summed E-state index contributed by atoms with van der Waals surface area (Å²) in [5, 5.41) is 24.1. The second-order valence-electron chi connectivity index (χ2n) is 6.27. The topological polar surface area (TPSA) is 87.8 Å². The minimum atomic E-state index is -0.895. The van der Waals surface area contributed by atoms with E-state index in [1.807, 2.05) is 27.8 Å². The number of likely N-dealkylation sites (N-methyl/N-ethyl adjacent to an activating group) is 1. The van der Waals surface area contributed by atoms with Crippen LogP contribution in [-0.4, -0.2) is 69.3 Å². The summed E-state index contributed by atoms with van der Waals surface area (Å²) < 4.78 is 7.06. The van der Waals surface area contributed by atoms with E-state index in [0.717, 1.165) is 17.0 Å². The van der Waals surface area contributed by atoms with E-state index in [1.165, 1.54) is 6.08 Å². The van der Waals surface area contributed by atoms with Crippen LogP contribution in [0.5, 0.6) is 0 Å². The molecule has 7 nitrogen and oxygen atoms in total. The molecule has 134 valence electrons. The molecule has 1 saturated heterocycles. The number of nitrogens with zero attached hydrogens (tertiary/aromatic N) is 3. The summed E-state index contributed by atoms with van der Waals surface area (Å²) in [5.74, 6) is -0.416. The van der Waals surface area contributed by atoms with Gasteiger partial charge in [0.05, 0.1) is 25.0 Å². The Morgan fingerprint density at radius 3 is 2.71 bits per heavy atom. The molecule has 0 bridgehead atoms. The highest BCUT2D eigenvalue weighted by Crippen LogP contribution is 2.18. The van der Waals surface area contributed by atoms with Crippen LogP contribution in [0.25, 0.3) is 6.08 Å². The van der Waals surface area contributed by atoms with Crippen LogP contribution in [0.3, 0.4) is 0 Å². The lowest BCUT2D eigenvalue weighted by Gasteiger charge is -2.34. The molecule has 1 aliphatic heterocycles. The fourth-order valence-corrected chi connectivity index (χ4v) is 2.96. The van der Waals surface area contributed by atoms with Gasteiger partial charge in [-0.1, -0.05) is 0 Å². The number of aliphatic hydroxyl groups excluding tert-OH is 2. The van der Waals surface area contributed by atoms with Crippen molar-refractivity contribution in [3.05, 3.63) is 23.0 Å². The van der Waals surface area contributed by atoms with Gasteiger partial charge in [-0.05, 0) is 26.8 Å². The maximum absolute atomic E-state index is 12.5. The maximum atomic E-state index is 12.5. The van der Waals surface area contributed by atoms with Crippen molar-refractivity contribution in [3.8, 4) is 0 Å². The third kappa shape index (κ3) is 4.03. The Hall–Kier alpha value is -1.70. The molecule has 1 aliphatic rings. The van der Waals surface area contributed by atoms with Crippen LogP contribution in [0.15, 0.2) is 6.08 Å². The number of hydrogen-bond acceptors (Lipinski definition) is 5. The number of carbonyl (C=O) groups excluding carboxylic acids is 1. The predicted octanol–water partition coefficient (Wildman–Crippen LogP) is 0.267. The van der Waals surface area contributed by atoms with Crippen LogP contribution in [0.4, 0.5) is 0 Å². The highest BCUT2D eigenvalue weighted by molar-refractivity contribution is 5.92. The lowest BCUT2D eigenvalue weighted by Crippen LogP contribution is -2.49. The van der Waals surface area contributed by atoms with Crippen molar-refractivity contribution in [2.24, 2.45) is 13.0 Å². The molecule has 1 amide bonds. The van der Waals surface area contributed by atoms with Gasteiger partial charge in [-0.25, -0.2) is 0 Å². The minimum Gasteiger partial charge on any atom is -0.390 e. The summed E-state index contributed by atoms with van der Waals surface area (Å²) >= 11 is 0. The van der Waals surface area contributed by atoms with Gasteiger partial charge in [0.25, 0.3) is 0 Å². The van der Waals surface area contributed by atoms with Gasteiger partial charge in [0.1, 0.15) is 6.10 Å². The molecule has 2 N–H and O–H groups in total. The highest BCUT2D eigenvalue weighted by atomic mass is 16.5. The molecule has 2 rings (SSSR count). The van der Waals surface area contributed by atoms with Gasteiger partial charge in [0.2, 0.25) is 5.91 Å². The number of amides is 1. The summed E-state index contributed by atoms with van der Waals surface area (Å²) in [7, 11) is 1.87. The normalized spacial score (nSPS) is 24.5. The Morgan fingerprint density at radius 2 is 2.12 bits per heavy atom. The van der Waals surface area contributed by atoms with E-state index >= 15 is 0 Å². The second-order valence-corrected chi connectivity index (χ2v) is 6.27. The third-order valence-corrected chi connectivity index (χ3v) is 4.60. The van der Waals surface area contributed by atoms with Crippen molar-refractivity contribution in [3.63, 3.8) is 0 Å². The summed E-state index contributed by atoms with van der Waals surface area (Å²) in [6, 6.07) is 0. The quantitative estimate of drug-likeness (QED) is 0.753. The Labute approximate surface area is 142 Å². The molecule has 3 atom stereocenters. The Balaban J connectivity index is 2.04. The number of hydrogen-bond donors (Lipinski definition) is 2. The largest absolute Gasteiger partial charge is 0.390 e. The molecule has 1 aromatic rings. The van der Waals surface area contributed by atoms with Gasteiger partial charge in [0.15, 0.2) is 0 Å². The van der Waals surface area contributed by atoms with E-state index in [9.17, 15) is 15.0 Å². The van der Waals surface area contributed by atoms with E-state index in [2.05, 4.69) is 5.10 Å². The summed E-state index contributed by atoms with van der Waals surface area (Å²) in [6.07, 6.45) is 1.55. The van der Waals surface area contributed by atoms with Crippen molar-refractivity contribution in [1.82, 2.24) is 14.7 Å². The minimum absolute atomic E-state index is 0.132. The number of rotatable bonds is 5. The van der Waals surface area contributed by atoms with Gasteiger partial charge < -0.3 is 19.8 Å². The molecule has 0 spiro atoms. The first kappa shape index (κ1) is 18.6. The first-order valence-electron chi connectivity index (χ1n) is 8.26. The number of aryl methyl sites for hydroxylation is 2. The smallest absolute Gasteiger partial charge is 0.246 e. The molecule has 7 heteroatoms. The highest BCUT2D eigenvalue weighted by Gasteiger charge is 2.32. The summed E-state index contributed by atoms with van der Waals surface area (Å²) in [4.78, 5) is 14.1. The van der Waals surface area contributed by atoms with E-state index in [1.54, 1.807) is 15.7 Å². The Kier molecular flexibility index (Phi) is 6.15. The Bertz CT molecular complexity index is 611. The number of aromatic nitrogens is 2. The van der Waals surface area contributed by atoms with Crippen molar-refractivity contribution >= 4 is 12.0 Å². The summed E-state index contributed by atoms with van der Waals surface area (Å²) in [5.41, 5.74) is 2.82. The van der Waals surface area contributed by atoms with Gasteiger partial charge in [-0.2, -0.15) is 5.10 Å². The molecule has 0 aromatic carbocycles. The van der Waals surface area contributed by atoms with Gasteiger partial charge in [-0.3, -0.25) is 9.48 Å². The molecular formula is C17H27N3O4. The average Bonchev–Trinajstić information content (AvgIpc) is 2.79. The van der Waals surface area contributed by atoms with Crippen molar-refractivity contribution in [2.75, 3.05) is 26.3 Å². The third-order valence-electron chi connectivity index (χ3n) is 4.60. The first-order chi connectivity index (χ1) is 11.3. The molecule has 0 radical (unpaired) electrons. The van der Waals surface area contributed by atoms with Crippen LogP contribution >= 0.6 is 0 Å². The van der Waals surface area contributed by atoms with Gasteiger partial charge in [0, 0.05) is 43.4 Å². The zero-order valence-corrected chi connectivity index (χ0v) is 14.8. The molecule has 0 unspecified atom stereocenters. The van der Waals surface area contributed by atoms with Gasteiger partial charge >= 0.3 is 0 Å². The monoisotopic (exact) mass is 337 g/mol. The maximum Gasteiger partial charge on any atom is 0.246 e. The van der Waals surface area contributed by atoms with Crippen LogP contribution in [-0.2, 0) is 16.6 Å².